The van der Waals surface area contributed by atoms with Crippen LogP contribution in [0.2, 0.25) is 0 Å². The summed E-state index contributed by atoms with van der Waals surface area (Å²) in [6, 6.07) is 1.79. The van der Waals surface area contributed by atoms with Crippen molar-refractivity contribution in [1.82, 2.24) is 19.9 Å². The Kier molecular flexibility index (Phi) is 4.39. The highest BCUT2D eigenvalue weighted by molar-refractivity contribution is 14.1. The van der Waals surface area contributed by atoms with Crippen LogP contribution in [0.3, 0.4) is 0 Å². The Morgan fingerprint density at radius 3 is 3.08 bits per heavy atom. The number of halogens is 1. The van der Waals surface area contributed by atoms with Crippen molar-refractivity contribution in [3.63, 3.8) is 0 Å². The van der Waals surface area contributed by atoms with E-state index in [4.69, 9.17) is 4.98 Å². The van der Waals surface area contributed by atoms with E-state index in [9.17, 15) is 14.7 Å². The van der Waals surface area contributed by atoms with Gasteiger partial charge in [-0.05, 0) is 41.5 Å². The maximum absolute atomic E-state index is 12.3. The van der Waals surface area contributed by atoms with Crippen molar-refractivity contribution in [3.8, 4) is 0 Å². The van der Waals surface area contributed by atoms with E-state index in [1.165, 1.54) is 4.90 Å². The van der Waals surface area contributed by atoms with E-state index in [0.717, 1.165) is 27.2 Å². The van der Waals surface area contributed by atoms with Crippen molar-refractivity contribution in [2.24, 2.45) is 0 Å². The number of carbonyl (C=O) groups is 1. The summed E-state index contributed by atoms with van der Waals surface area (Å²) in [5.74, 6) is 0.649. The summed E-state index contributed by atoms with van der Waals surface area (Å²) >= 11 is 2.14. The first-order valence-corrected chi connectivity index (χ1v) is 9.31. The summed E-state index contributed by atoms with van der Waals surface area (Å²) in [5.41, 5.74) is 0.412. The number of hydrogen-bond acceptors (Lipinski definition) is 5. The van der Waals surface area contributed by atoms with Gasteiger partial charge in [-0.3, -0.25) is 9.78 Å². The predicted octanol–water partition coefficient (Wildman–Crippen LogP) is 2.63. The van der Waals surface area contributed by atoms with Crippen LogP contribution in [0.15, 0.2) is 29.5 Å². The number of anilines is 1. The van der Waals surface area contributed by atoms with Crippen molar-refractivity contribution in [2.75, 3.05) is 18.4 Å². The molecule has 1 amide bonds. The Hall–Kier alpha value is -2.43. The largest absolute Gasteiger partial charge is 0.465 e. The van der Waals surface area contributed by atoms with Crippen LogP contribution in [0.1, 0.15) is 12.8 Å². The molecule has 3 aromatic heterocycles. The average molecular weight is 465 g/mol. The van der Waals surface area contributed by atoms with Gasteiger partial charge < -0.3 is 20.3 Å². The monoisotopic (exact) mass is 465 g/mol. The maximum atomic E-state index is 12.3. The number of carboxylic acid groups (broad SMARTS) is 1. The van der Waals surface area contributed by atoms with Gasteiger partial charge in [-0.15, -0.1) is 0 Å². The lowest BCUT2D eigenvalue weighted by Gasteiger charge is -2.31. The number of aromatic amines is 1. The molecule has 0 unspecified atom stereocenters. The van der Waals surface area contributed by atoms with Gasteiger partial charge in [-0.25, -0.2) is 9.78 Å². The van der Waals surface area contributed by atoms with Crippen LogP contribution in [-0.2, 0) is 0 Å². The Balaban J connectivity index is 1.83. The second-order valence-corrected chi connectivity index (χ2v) is 7.45. The van der Waals surface area contributed by atoms with Gasteiger partial charge in [0.25, 0.3) is 5.56 Å². The van der Waals surface area contributed by atoms with Gasteiger partial charge in [-0.2, -0.15) is 0 Å². The summed E-state index contributed by atoms with van der Waals surface area (Å²) in [7, 11) is 0. The second kappa shape index (κ2) is 6.71. The van der Waals surface area contributed by atoms with Gasteiger partial charge in [-0.1, -0.05) is 0 Å². The van der Waals surface area contributed by atoms with Gasteiger partial charge in [0.2, 0.25) is 0 Å². The minimum atomic E-state index is -0.905. The summed E-state index contributed by atoms with van der Waals surface area (Å²) < 4.78 is 0.835. The van der Waals surface area contributed by atoms with Crippen LogP contribution in [0.4, 0.5) is 10.6 Å². The van der Waals surface area contributed by atoms with E-state index in [2.05, 4.69) is 37.9 Å². The second-order valence-electron chi connectivity index (χ2n) is 6.28. The molecule has 1 aliphatic rings. The minimum Gasteiger partial charge on any atom is -0.465 e. The Morgan fingerprint density at radius 2 is 2.27 bits per heavy atom. The third-order valence-corrected chi connectivity index (χ3v) is 5.44. The van der Waals surface area contributed by atoms with Crippen molar-refractivity contribution < 1.29 is 9.90 Å². The summed E-state index contributed by atoms with van der Waals surface area (Å²) in [5, 5.41) is 14.7. The normalized spacial score (nSPS) is 17.6. The van der Waals surface area contributed by atoms with E-state index in [1.807, 2.05) is 6.07 Å². The molecule has 4 rings (SSSR count). The first-order chi connectivity index (χ1) is 12.5. The molecule has 0 aliphatic carbocycles. The lowest BCUT2D eigenvalue weighted by atomic mass is 10.1. The van der Waals surface area contributed by atoms with E-state index < -0.39 is 6.09 Å². The standard InChI is InChI=1S/C17H16IN5O3/c18-12-7-20-16(24)13-11-6-19-4-3-10(11)15(22-14(12)13)21-9-2-1-5-23(8-9)17(25)26/h3-4,6-7,9H,1-2,5,8H2,(H,20,24)(H,21,22)(H,25,26)/t9-/m0/s1. The zero-order valence-electron chi connectivity index (χ0n) is 13.7. The number of nitrogens with zero attached hydrogens (tertiary/aromatic N) is 3. The Morgan fingerprint density at radius 1 is 1.42 bits per heavy atom. The van der Waals surface area contributed by atoms with Gasteiger partial charge >= 0.3 is 6.09 Å². The molecule has 0 bridgehead atoms. The van der Waals surface area contributed by atoms with Crippen LogP contribution in [-0.4, -0.2) is 50.2 Å². The van der Waals surface area contributed by atoms with Crippen LogP contribution >= 0.6 is 22.6 Å². The van der Waals surface area contributed by atoms with E-state index >= 15 is 0 Å². The van der Waals surface area contributed by atoms with Crippen molar-refractivity contribution in [1.29, 1.82) is 0 Å². The molecular formula is C17H16IN5O3. The molecule has 0 saturated carbocycles. The highest BCUT2D eigenvalue weighted by atomic mass is 127. The number of likely N-dealkylation sites (tertiary alicyclic amines) is 1. The first kappa shape index (κ1) is 17.0. The van der Waals surface area contributed by atoms with Gasteiger partial charge in [0.15, 0.2) is 0 Å². The lowest BCUT2D eigenvalue weighted by molar-refractivity contribution is 0.133. The Labute approximate surface area is 161 Å². The molecule has 1 fully saturated rings. The molecule has 0 radical (unpaired) electrons. The summed E-state index contributed by atoms with van der Waals surface area (Å²) in [6.45, 7) is 0.963. The number of pyridine rings is 3. The van der Waals surface area contributed by atoms with E-state index in [-0.39, 0.29) is 11.6 Å². The number of aromatic nitrogens is 3. The molecular weight excluding hydrogens is 449 g/mol. The predicted molar refractivity (Wildman–Crippen MR) is 107 cm³/mol. The maximum Gasteiger partial charge on any atom is 0.407 e. The number of fused-ring (bicyclic) bond motifs is 3. The van der Waals surface area contributed by atoms with Crippen LogP contribution in [0.25, 0.3) is 21.7 Å². The minimum absolute atomic E-state index is 0.0270. The average Bonchev–Trinajstić information content (AvgIpc) is 2.65. The van der Waals surface area contributed by atoms with E-state index in [0.29, 0.717) is 29.8 Å². The number of amides is 1. The van der Waals surface area contributed by atoms with Crippen molar-refractivity contribution in [2.45, 2.75) is 18.9 Å². The summed E-state index contributed by atoms with van der Waals surface area (Å²) in [6.07, 6.45) is 5.72. The molecule has 1 aliphatic heterocycles. The molecule has 1 atom stereocenters. The topological polar surface area (TPSA) is 111 Å². The highest BCUT2D eigenvalue weighted by Crippen LogP contribution is 2.29. The van der Waals surface area contributed by atoms with Gasteiger partial charge in [0.1, 0.15) is 5.82 Å². The summed E-state index contributed by atoms with van der Waals surface area (Å²) in [4.78, 5) is 36.6. The van der Waals surface area contributed by atoms with Crippen molar-refractivity contribution >= 4 is 56.2 Å². The number of nitrogens with one attached hydrogen (secondary N) is 2. The number of rotatable bonds is 2. The number of hydrogen-bond donors (Lipinski definition) is 3. The quantitative estimate of drug-likeness (QED) is 0.397. The van der Waals surface area contributed by atoms with Crippen LogP contribution in [0, 0.1) is 3.57 Å². The molecule has 3 N–H and O–H groups in total. The number of piperidine rings is 1. The molecule has 0 aromatic carbocycles. The molecule has 26 heavy (non-hydrogen) atoms. The fourth-order valence-corrected chi connectivity index (χ4v) is 3.95. The molecule has 3 aromatic rings. The fourth-order valence-electron chi connectivity index (χ4n) is 3.40. The molecule has 9 heteroatoms. The molecule has 8 nitrogen and oxygen atoms in total. The highest BCUT2D eigenvalue weighted by Gasteiger charge is 2.24. The smallest absolute Gasteiger partial charge is 0.407 e. The zero-order valence-corrected chi connectivity index (χ0v) is 15.9. The fraction of sp³-hybridized carbons (Fsp3) is 0.294. The van der Waals surface area contributed by atoms with E-state index in [1.54, 1.807) is 18.6 Å². The first-order valence-electron chi connectivity index (χ1n) is 8.23. The zero-order chi connectivity index (χ0) is 18.3. The van der Waals surface area contributed by atoms with Crippen LogP contribution < -0.4 is 10.9 Å². The molecule has 134 valence electrons. The Bertz CT molecular complexity index is 1070. The third kappa shape index (κ3) is 2.96. The molecule has 0 spiro atoms. The van der Waals surface area contributed by atoms with Crippen LogP contribution in [0.5, 0.6) is 0 Å². The van der Waals surface area contributed by atoms with Gasteiger partial charge in [0, 0.05) is 48.5 Å². The number of H-pyrrole nitrogens is 1. The third-order valence-electron chi connectivity index (χ3n) is 4.62. The lowest BCUT2D eigenvalue weighted by Crippen LogP contribution is -2.44. The molecule has 4 heterocycles. The molecule has 1 saturated heterocycles. The SMILES string of the molecule is O=C(O)N1CCC[C@H](Nc2nc3c(I)c[nH]c(=O)c3c3cnccc23)C1. The van der Waals surface area contributed by atoms with Gasteiger partial charge in [0.05, 0.1) is 14.5 Å². The van der Waals surface area contributed by atoms with Crippen molar-refractivity contribution in [3.05, 3.63) is 38.6 Å².